The molecule has 1 N–H and O–H groups in total. The summed E-state index contributed by atoms with van der Waals surface area (Å²) in [6.45, 7) is 8.35. The molecule has 0 aliphatic carbocycles. The van der Waals surface area contributed by atoms with Crippen molar-refractivity contribution in [2.24, 2.45) is 5.92 Å². The highest BCUT2D eigenvalue weighted by Gasteiger charge is 2.27. The lowest BCUT2D eigenvalue weighted by Crippen LogP contribution is -2.50. The number of nitrogens with zero attached hydrogens (tertiary/aromatic N) is 2. The Bertz CT molecular complexity index is 604. The number of hydrogen-bond acceptors (Lipinski definition) is 3. The Balaban J connectivity index is 1.43. The van der Waals surface area contributed by atoms with E-state index in [0.717, 1.165) is 19.0 Å². The molecular formula is C23H31N3. The fourth-order valence-electron chi connectivity index (χ4n) is 4.53. The molecule has 0 amide bonds. The molecule has 4 rings (SSSR count). The van der Waals surface area contributed by atoms with E-state index < -0.39 is 0 Å². The fourth-order valence-corrected chi connectivity index (χ4v) is 4.53. The monoisotopic (exact) mass is 349 g/mol. The number of piperidine rings is 1. The lowest BCUT2D eigenvalue weighted by molar-refractivity contribution is 0.0934. The summed E-state index contributed by atoms with van der Waals surface area (Å²) in [6.07, 6.45) is 2.73. The number of hydrogen-bond donors (Lipinski definition) is 1. The van der Waals surface area contributed by atoms with Gasteiger partial charge in [0.1, 0.15) is 0 Å². The van der Waals surface area contributed by atoms with Gasteiger partial charge in [-0.25, -0.2) is 0 Å². The van der Waals surface area contributed by atoms with E-state index in [0.29, 0.717) is 6.04 Å². The number of benzene rings is 2. The first-order chi connectivity index (χ1) is 12.9. The predicted molar refractivity (Wildman–Crippen MR) is 108 cm³/mol. The summed E-state index contributed by atoms with van der Waals surface area (Å²) in [6, 6.07) is 22.4. The lowest BCUT2D eigenvalue weighted by atomic mass is 9.96. The fraction of sp³-hybridized carbons (Fsp3) is 0.478. The van der Waals surface area contributed by atoms with Crippen LogP contribution in [0.5, 0.6) is 0 Å². The van der Waals surface area contributed by atoms with Crippen molar-refractivity contribution in [3.8, 4) is 0 Å². The van der Waals surface area contributed by atoms with E-state index in [9.17, 15) is 0 Å². The summed E-state index contributed by atoms with van der Waals surface area (Å²) >= 11 is 0. The van der Waals surface area contributed by atoms with Crippen molar-refractivity contribution in [3.05, 3.63) is 71.8 Å². The SMILES string of the molecule is c1ccc(C(c2ccccc2)N2CCN(CC3CCCNC3)CC2)cc1. The summed E-state index contributed by atoms with van der Waals surface area (Å²) in [5.41, 5.74) is 2.81. The van der Waals surface area contributed by atoms with Gasteiger partial charge in [-0.3, -0.25) is 4.90 Å². The molecule has 2 aliphatic heterocycles. The predicted octanol–water partition coefficient (Wildman–Crippen LogP) is 3.39. The van der Waals surface area contributed by atoms with Gasteiger partial charge in [0.15, 0.2) is 0 Å². The van der Waals surface area contributed by atoms with Crippen LogP contribution in [0.3, 0.4) is 0 Å². The van der Waals surface area contributed by atoms with Crippen LogP contribution < -0.4 is 5.32 Å². The minimum atomic E-state index is 0.371. The quantitative estimate of drug-likeness (QED) is 0.893. The molecule has 1 unspecified atom stereocenters. The molecule has 3 nitrogen and oxygen atoms in total. The first kappa shape index (κ1) is 17.7. The van der Waals surface area contributed by atoms with Crippen molar-refractivity contribution >= 4 is 0 Å². The molecule has 0 bridgehead atoms. The topological polar surface area (TPSA) is 18.5 Å². The number of rotatable bonds is 5. The summed E-state index contributed by atoms with van der Waals surface area (Å²) < 4.78 is 0. The van der Waals surface area contributed by atoms with E-state index in [4.69, 9.17) is 0 Å². The standard InChI is InChI=1S/C23H31N3/c1-3-9-21(10-4-1)23(22-11-5-2-6-12-22)26-16-14-25(15-17-26)19-20-8-7-13-24-18-20/h1-6,9-12,20,23-24H,7-8,13-19H2. The highest BCUT2D eigenvalue weighted by atomic mass is 15.3. The highest BCUT2D eigenvalue weighted by Crippen LogP contribution is 2.29. The normalized spacial score (nSPS) is 22.6. The molecule has 0 saturated carbocycles. The lowest BCUT2D eigenvalue weighted by Gasteiger charge is -2.41. The van der Waals surface area contributed by atoms with Gasteiger partial charge in [-0.1, -0.05) is 60.7 Å². The minimum Gasteiger partial charge on any atom is -0.316 e. The number of nitrogens with one attached hydrogen (secondary N) is 1. The molecule has 2 aromatic rings. The molecule has 0 aromatic heterocycles. The van der Waals surface area contributed by atoms with Gasteiger partial charge in [-0.2, -0.15) is 0 Å². The zero-order valence-corrected chi connectivity index (χ0v) is 15.7. The third-order valence-electron chi connectivity index (χ3n) is 5.92. The van der Waals surface area contributed by atoms with Crippen LogP contribution in [0, 0.1) is 5.92 Å². The molecular weight excluding hydrogens is 318 g/mol. The van der Waals surface area contributed by atoms with Crippen molar-refractivity contribution < 1.29 is 0 Å². The molecule has 2 saturated heterocycles. The molecule has 26 heavy (non-hydrogen) atoms. The Morgan fingerprint density at radius 3 is 2.00 bits per heavy atom. The highest BCUT2D eigenvalue weighted by molar-refractivity contribution is 5.31. The van der Waals surface area contributed by atoms with Gasteiger partial charge in [-0.05, 0) is 43.0 Å². The maximum absolute atomic E-state index is 3.56. The van der Waals surface area contributed by atoms with Crippen LogP contribution in [0.15, 0.2) is 60.7 Å². The Morgan fingerprint density at radius 1 is 0.846 bits per heavy atom. The first-order valence-electron chi connectivity index (χ1n) is 10.2. The van der Waals surface area contributed by atoms with Crippen LogP contribution in [0.2, 0.25) is 0 Å². The van der Waals surface area contributed by atoms with Crippen LogP contribution in [-0.4, -0.2) is 55.6 Å². The molecule has 1 atom stereocenters. The van der Waals surface area contributed by atoms with Gasteiger partial charge in [0, 0.05) is 32.7 Å². The maximum atomic E-state index is 3.56. The van der Waals surface area contributed by atoms with E-state index in [1.54, 1.807) is 0 Å². The van der Waals surface area contributed by atoms with E-state index >= 15 is 0 Å². The summed E-state index contributed by atoms with van der Waals surface area (Å²) in [5, 5.41) is 3.56. The molecule has 0 spiro atoms. The Morgan fingerprint density at radius 2 is 1.46 bits per heavy atom. The average Bonchev–Trinajstić information content (AvgIpc) is 2.72. The largest absolute Gasteiger partial charge is 0.316 e. The van der Waals surface area contributed by atoms with Crippen molar-refractivity contribution in [2.45, 2.75) is 18.9 Å². The van der Waals surface area contributed by atoms with E-state index in [1.165, 1.54) is 56.7 Å². The molecule has 3 heteroatoms. The molecule has 2 fully saturated rings. The van der Waals surface area contributed by atoms with Crippen molar-refractivity contribution in [3.63, 3.8) is 0 Å². The smallest absolute Gasteiger partial charge is 0.0602 e. The van der Waals surface area contributed by atoms with Crippen LogP contribution in [0.25, 0.3) is 0 Å². The van der Waals surface area contributed by atoms with Gasteiger partial charge >= 0.3 is 0 Å². The van der Waals surface area contributed by atoms with Gasteiger partial charge in [0.05, 0.1) is 6.04 Å². The molecule has 138 valence electrons. The van der Waals surface area contributed by atoms with Crippen LogP contribution >= 0.6 is 0 Å². The van der Waals surface area contributed by atoms with E-state index in [1.807, 2.05) is 0 Å². The zero-order chi connectivity index (χ0) is 17.6. The van der Waals surface area contributed by atoms with Gasteiger partial charge in [0.25, 0.3) is 0 Å². The average molecular weight is 350 g/mol. The second-order valence-corrected chi connectivity index (χ2v) is 7.77. The third-order valence-corrected chi connectivity index (χ3v) is 5.92. The van der Waals surface area contributed by atoms with E-state index in [-0.39, 0.29) is 0 Å². The summed E-state index contributed by atoms with van der Waals surface area (Å²) in [7, 11) is 0. The van der Waals surface area contributed by atoms with Gasteiger partial charge in [-0.15, -0.1) is 0 Å². The number of piperazine rings is 1. The van der Waals surface area contributed by atoms with Crippen LogP contribution in [-0.2, 0) is 0 Å². The van der Waals surface area contributed by atoms with E-state index in [2.05, 4.69) is 75.8 Å². The minimum absolute atomic E-state index is 0.371. The van der Waals surface area contributed by atoms with Crippen molar-refractivity contribution in [1.29, 1.82) is 0 Å². The molecule has 2 aromatic carbocycles. The van der Waals surface area contributed by atoms with Crippen LogP contribution in [0.1, 0.15) is 30.0 Å². The third kappa shape index (κ3) is 4.35. The van der Waals surface area contributed by atoms with Crippen molar-refractivity contribution in [1.82, 2.24) is 15.1 Å². The molecule has 0 radical (unpaired) electrons. The summed E-state index contributed by atoms with van der Waals surface area (Å²) in [5.74, 6) is 0.842. The second-order valence-electron chi connectivity index (χ2n) is 7.77. The zero-order valence-electron chi connectivity index (χ0n) is 15.7. The Kier molecular flexibility index (Phi) is 6.00. The van der Waals surface area contributed by atoms with Gasteiger partial charge in [0.2, 0.25) is 0 Å². The van der Waals surface area contributed by atoms with Gasteiger partial charge < -0.3 is 10.2 Å². The molecule has 2 aliphatic rings. The second kappa shape index (κ2) is 8.81. The molecule has 2 heterocycles. The summed E-state index contributed by atoms with van der Waals surface area (Å²) in [4.78, 5) is 5.35. The maximum Gasteiger partial charge on any atom is 0.0602 e. The Labute approximate surface area is 158 Å². The Hall–Kier alpha value is -1.68. The van der Waals surface area contributed by atoms with Crippen molar-refractivity contribution in [2.75, 3.05) is 45.8 Å². The van der Waals surface area contributed by atoms with Crippen LogP contribution in [0.4, 0.5) is 0 Å². The first-order valence-corrected chi connectivity index (χ1v) is 10.2.